The summed E-state index contributed by atoms with van der Waals surface area (Å²) in [6, 6.07) is 4.93. The van der Waals surface area contributed by atoms with Crippen LogP contribution in [-0.4, -0.2) is 23.0 Å². The summed E-state index contributed by atoms with van der Waals surface area (Å²) in [4.78, 5) is 20.6. The van der Waals surface area contributed by atoms with Gasteiger partial charge in [0.1, 0.15) is 11.6 Å². The van der Waals surface area contributed by atoms with Crippen LogP contribution in [0.1, 0.15) is 15.9 Å². The van der Waals surface area contributed by atoms with E-state index < -0.39 is 5.97 Å². The molecule has 110 valence electrons. The number of esters is 1. The van der Waals surface area contributed by atoms with Gasteiger partial charge in [-0.15, -0.1) is 0 Å². The van der Waals surface area contributed by atoms with Crippen LogP contribution < -0.4 is 17.2 Å². The number of hydrogen-bond acceptors (Lipinski definition) is 8. The molecule has 8 heteroatoms. The summed E-state index contributed by atoms with van der Waals surface area (Å²) in [6.07, 6.45) is 0. The topological polar surface area (TPSA) is 130 Å². The van der Waals surface area contributed by atoms with Gasteiger partial charge >= 0.3 is 5.97 Å². The van der Waals surface area contributed by atoms with Gasteiger partial charge in [0.05, 0.1) is 12.7 Å². The number of aromatic nitrogens is 2. The average molecular weight is 305 g/mol. The molecule has 0 spiro atoms. The lowest BCUT2D eigenvalue weighted by atomic mass is 10.1. The standard InChI is InChI=1S/C13H15N5O2S/c1-6-3-7(4-8(11(6)16)12(19)20-2)21-13-17-9(14)5-10(15)18-13/h3-5H,16H2,1-2H3,(H4,14,15,17,18). The molecule has 1 aromatic carbocycles. The Morgan fingerprint density at radius 3 is 2.33 bits per heavy atom. The molecule has 0 aliphatic rings. The van der Waals surface area contributed by atoms with Crippen molar-refractivity contribution in [2.24, 2.45) is 0 Å². The third-order valence-corrected chi connectivity index (χ3v) is 3.56. The molecule has 1 heterocycles. The van der Waals surface area contributed by atoms with Crippen LogP contribution in [0.4, 0.5) is 17.3 Å². The fourth-order valence-electron chi connectivity index (χ4n) is 1.72. The van der Waals surface area contributed by atoms with E-state index in [0.717, 1.165) is 10.5 Å². The maximum Gasteiger partial charge on any atom is 0.340 e. The number of ether oxygens (including phenoxy) is 1. The van der Waals surface area contributed by atoms with E-state index in [1.807, 2.05) is 6.07 Å². The van der Waals surface area contributed by atoms with Crippen LogP contribution in [0.5, 0.6) is 0 Å². The predicted octanol–water partition coefficient (Wildman–Crippen LogP) is 1.47. The molecule has 0 amide bonds. The Kier molecular flexibility index (Phi) is 4.18. The van der Waals surface area contributed by atoms with E-state index in [0.29, 0.717) is 16.4 Å². The summed E-state index contributed by atoms with van der Waals surface area (Å²) in [7, 11) is 1.30. The minimum absolute atomic E-state index is 0.283. The minimum Gasteiger partial charge on any atom is -0.465 e. The molecule has 2 aromatic rings. The number of carbonyl (C=O) groups excluding carboxylic acids is 1. The quantitative estimate of drug-likeness (QED) is 0.441. The molecule has 1 aromatic heterocycles. The highest BCUT2D eigenvalue weighted by molar-refractivity contribution is 7.99. The molecule has 0 unspecified atom stereocenters. The number of hydrogen-bond donors (Lipinski definition) is 3. The van der Waals surface area contributed by atoms with Crippen molar-refractivity contribution in [3.63, 3.8) is 0 Å². The normalized spacial score (nSPS) is 10.4. The van der Waals surface area contributed by atoms with Crippen LogP contribution in [0.3, 0.4) is 0 Å². The third kappa shape index (κ3) is 3.34. The highest BCUT2D eigenvalue weighted by Gasteiger charge is 2.14. The summed E-state index contributed by atoms with van der Waals surface area (Å²) in [5, 5.41) is 0.396. The van der Waals surface area contributed by atoms with Gasteiger partial charge in [0.2, 0.25) is 0 Å². The lowest BCUT2D eigenvalue weighted by Crippen LogP contribution is -2.07. The molecule has 0 atom stereocenters. The lowest BCUT2D eigenvalue weighted by molar-refractivity contribution is 0.0601. The first-order valence-electron chi connectivity index (χ1n) is 5.97. The average Bonchev–Trinajstić information content (AvgIpc) is 2.40. The Balaban J connectivity index is 2.40. The largest absolute Gasteiger partial charge is 0.465 e. The number of methoxy groups -OCH3 is 1. The maximum absolute atomic E-state index is 11.7. The van der Waals surface area contributed by atoms with Gasteiger partial charge in [-0.05, 0) is 36.4 Å². The van der Waals surface area contributed by atoms with E-state index in [1.165, 1.54) is 24.9 Å². The SMILES string of the molecule is COC(=O)c1cc(Sc2nc(N)cc(N)n2)cc(C)c1N. The number of benzene rings is 1. The van der Waals surface area contributed by atoms with Gasteiger partial charge in [0, 0.05) is 16.6 Å². The number of anilines is 3. The summed E-state index contributed by atoms with van der Waals surface area (Å²) in [6.45, 7) is 1.81. The zero-order valence-corrected chi connectivity index (χ0v) is 12.4. The first-order valence-corrected chi connectivity index (χ1v) is 6.78. The van der Waals surface area contributed by atoms with Crippen LogP contribution in [0, 0.1) is 6.92 Å². The molecule has 2 rings (SSSR count). The van der Waals surface area contributed by atoms with Gasteiger partial charge in [-0.1, -0.05) is 0 Å². The van der Waals surface area contributed by atoms with Crippen LogP contribution in [0.15, 0.2) is 28.3 Å². The lowest BCUT2D eigenvalue weighted by Gasteiger charge is -2.10. The molecule has 0 saturated carbocycles. The molecular weight excluding hydrogens is 290 g/mol. The van der Waals surface area contributed by atoms with Crippen molar-refractivity contribution in [1.82, 2.24) is 9.97 Å². The molecule has 7 nitrogen and oxygen atoms in total. The number of nitrogen functional groups attached to an aromatic ring is 3. The number of nitrogens with two attached hydrogens (primary N) is 3. The van der Waals surface area contributed by atoms with Crippen LogP contribution >= 0.6 is 11.8 Å². The predicted molar refractivity (Wildman–Crippen MR) is 81.9 cm³/mol. The van der Waals surface area contributed by atoms with Crippen molar-refractivity contribution < 1.29 is 9.53 Å². The van der Waals surface area contributed by atoms with Crippen LogP contribution in [0.25, 0.3) is 0 Å². The van der Waals surface area contributed by atoms with E-state index in [-0.39, 0.29) is 11.6 Å². The summed E-state index contributed by atoms with van der Waals surface area (Å²) in [5.74, 6) is 0.0711. The summed E-state index contributed by atoms with van der Waals surface area (Å²) < 4.78 is 4.72. The highest BCUT2D eigenvalue weighted by Crippen LogP contribution is 2.31. The van der Waals surface area contributed by atoms with E-state index >= 15 is 0 Å². The molecule has 0 aliphatic heterocycles. The van der Waals surface area contributed by atoms with Crippen molar-refractivity contribution in [2.75, 3.05) is 24.3 Å². The van der Waals surface area contributed by atoms with Crippen molar-refractivity contribution in [3.8, 4) is 0 Å². The molecule has 0 saturated heterocycles. The second kappa shape index (κ2) is 5.88. The Morgan fingerprint density at radius 1 is 1.14 bits per heavy atom. The zero-order valence-electron chi connectivity index (χ0n) is 11.6. The molecule has 0 bridgehead atoms. The molecule has 6 N–H and O–H groups in total. The van der Waals surface area contributed by atoms with Crippen molar-refractivity contribution in [3.05, 3.63) is 29.3 Å². The molecule has 0 fully saturated rings. The second-order valence-corrected chi connectivity index (χ2v) is 5.34. The second-order valence-electron chi connectivity index (χ2n) is 4.30. The molecular formula is C13H15N5O2S. The Bertz CT molecular complexity index is 685. The fraction of sp³-hybridized carbons (Fsp3) is 0.154. The van der Waals surface area contributed by atoms with Crippen LogP contribution in [0.2, 0.25) is 0 Å². The van der Waals surface area contributed by atoms with Crippen LogP contribution in [-0.2, 0) is 4.74 Å². The number of carbonyl (C=O) groups is 1. The number of rotatable bonds is 3. The molecule has 0 aliphatic carbocycles. The minimum atomic E-state index is -0.494. The van der Waals surface area contributed by atoms with E-state index in [2.05, 4.69) is 9.97 Å². The van der Waals surface area contributed by atoms with Gasteiger partial charge in [-0.2, -0.15) is 0 Å². The molecule has 21 heavy (non-hydrogen) atoms. The number of nitrogens with zero attached hydrogens (tertiary/aromatic N) is 2. The van der Waals surface area contributed by atoms with Gasteiger partial charge in [-0.25, -0.2) is 14.8 Å². The monoisotopic (exact) mass is 305 g/mol. The van der Waals surface area contributed by atoms with Crippen molar-refractivity contribution >= 4 is 35.1 Å². The Morgan fingerprint density at radius 2 is 1.76 bits per heavy atom. The zero-order chi connectivity index (χ0) is 15.6. The Labute approximate surface area is 125 Å². The van der Waals surface area contributed by atoms with Crippen molar-refractivity contribution in [1.29, 1.82) is 0 Å². The van der Waals surface area contributed by atoms with Gasteiger partial charge in [-0.3, -0.25) is 0 Å². The van der Waals surface area contributed by atoms with E-state index in [9.17, 15) is 4.79 Å². The van der Waals surface area contributed by atoms with Crippen molar-refractivity contribution in [2.45, 2.75) is 17.0 Å². The van der Waals surface area contributed by atoms with Gasteiger partial charge in [0.15, 0.2) is 5.16 Å². The van der Waals surface area contributed by atoms with E-state index in [4.69, 9.17) is 21.9 Å². The van der Waals surface area contributed by atoms with Gasteiger partial charge < -0.3 is 21.9 Å². The third-order valence-electron chi connectivity index (χ3n) is 2.72. The Hall–Kier alpha value is -2.48. The number of aryl methyl sites for hydroxylation is 1. The van der Waals surface area contributed by atoms with E-state index in [1.54, 1.807) is 13.0 Å². The summed E-state index contributed by atoms with van der Waals surface area (Å²) >= 11 is 1.24. The first-order chi connectivity index (χ1) is 9.90. The fourth-order valence-corrected chi connectivity index (χ4v) is 2.64. The maximum atomic E-state index is 11.7. The smallest absolute Gasteiger partial charge is 0.340 e. The molecule has 0 radical (unpaired) electrons. The summed E-state index contributed by atoms with van der Waals surface area (Å²) in [5.41, 5.74) is 18.6. The first kappa shape index (κ1) is 14.9. The highest BCUT2D eigenvalue weighted by atomic mass is 32.2. The van der Waals surface area contributed by atoms with Gasteiger partial charge in [0.25, 0.3) is 0 Å².